The van der Waals surface area contributed by atoms with Gasteiger partial charge in [-0.2, -0.15) is 10.4 Å². The molecule has 0 saturated heterocycles. The second-order valence-corrected chi connectivity index (χ2v) is 8.93. The Kier molecular flexibility index (Phi) is 7.06. The van der Waals surface area contributed by atoms with E-state index in [-0.39, 0.29) is 12.5 Å². The maximum Gasteiger partial charge on any atom is 0.272 e. The number of rotatable bonds is 7. The molecule has 180 valence electrons. The van der Waals surface area contributed by atoms with E-state index >= 15 is 0 Å². The second-order valence-electron chi connectivity index (χ2n) is 8.01. The number of carbonyl (C=O) groups excluding carboxylic acids is 1. The molecule has 0 unspecified atom stereocenters. The summed E-state index contributed by atoms with van der Waals surface area (Å²) in [5.41, 5.74) is 5.91. The molecule has 0 aliphatic carbocycles. The first kappa shape index (κ1) is 24.0. The van der Waals surface area contributed by atoms with E-state index < -0.39 is 0 Å². The van der Waals surface area contributed by atoms with Gasteiger partial charge in [0.05, 0.1) is 34.6 Å². The van der Waals surface area contributed by atoms with Crippen molar-refractivity contribution in [3.63, 3.8) is 0 Å². The maximum absolute atomic E-state index is 13.1. The minimum atomic E-state index is -0.359. The highest BCUT2D eigenvalue weighted by molar-refractivity contribution is 9.10. The molecule has 0 radical (unpaired) electrons. The van der Waals surface area contributed by atoms with E-state index in [2.05, 4.69) is 32.5 Å². The number of pyridine rings is 1. The van der Waals surface area contributed by atoms with Gasteiger partial charge in [0.25, 0.3) is 5.91 Å². The van der Waals surface area contributed by atoms with Crippen molar-refractivity contribution < 1.29 is 13.9 Å². The fourth-order valence-electron chi connectivity index (χ4n) is 3.70. The van der Waals surface area contributed by atoms with E-state index in [0.29, 0.717) is 39.6 Å². The highest BCUT2D eigenvalue weighted by atomic mass is 79.9. The van der Waals surface area contributed by atoms with Gasteiger partial charge in [-0.3, -0.25) is 4.79 Å². The van der Waals surface area contributed by atoms with Crippen LogP contribution in [0.15, 0.2) is 105 Å². The molecule has 1 amide bonds. The van der Waals surface area contributed by atoms with Gasteiger partial charge in [0.2, 0.25) is 0 Å². The summed E-state index contributed by atoms with van der Waals surface area (Å²) >= 11 is 3.49. The number of hydrogen-bond donors (Lipinski definition) is 1. The molecule has 0 spiro atoms. The van der Waals surface area contributed by atoms with Crippen LogP contribution in [0.5, 0.6) is 5.75 Å². The number of furan rings is 1. The molecular formula is C29H19BrN4O3. The van der Waals surface area contributed by atoms with Gasteiger partial charge in [0.1, 0.15) is 23.9 Å². The number of amides is 1. The lowest BCUT2D eigenvalue weighted by Crippen LogP contribution is -2.18. The molecule has 0 aliphatic heterocycles. The molecule has 1 N–H and O–H groups in total. The number of fused-ring (bicyclic) bond motifs is 1. The van der Waals surface area contributed by atoms with Crippen molar-refractivity contribution in [1.29, 1.82) is 5.26 Å². The molecule has 0 saturated carbocycles. The van der Waals surface area contributed by atoms with Gasteiger partial charge in [-0.1, -0.05) is 46.3 Å². The quantitative estimate of drug-likeness (QED) is 0.185. The van der Waals surface area contributed by atoms with Crippen molar-refractivity contribution >= 4 is 39.0 Å². The van der Waals surface area contributed by atoms with Crippen LogP contribution in [0, 0.1) is 11.3 Å². The maximum atomic E-state index is 13.1. The molecule has 0 bridgehead atoms. The van der Waals surface area contributed by atoms with E-state index in [0.717, 1.165) is 15.4 Å². The summed E-state index contributed by atoms with van der Waals surface area (Å²) in [5.74, 6) is 1.33. The zero-order chi connectivity index (χ0) is 25.6. The summed E-state index contributed by atoms with van der Waals surface area (Å²) in [6.45, 7) is 0.216. The first-order valence-corrected chi connectivity index (χ1v) is 12.1. The average molecular weight is 551 g/mol. The Labute approximate surface area is 221 Å². The minimum Gasteiger partial charge on any atom is -0.486 e. The fraction of sp³-hybridized carbons (Fsp3) is 0.0345. The van der Waals surface area contributed by atoms with E-state index in [1.165, 1.54) is 6.21 Å². The predicted octanol–water partition coefficient (Wildman–Crippen LogP) is 6.47. The third-order valence-electron chi connectivity index (χ3n) is 5.49. The zero-order valence-electron chi connectivity index (χ0n) is 19.4. The average Bonchev–Trinajstić information content (AvgIpc) is 3.39. The highest BCUT2D eigenvalue weighted by Crippen LogP contribution is 2.26. The molecule has 2 heterocycles. The predicted molar refractivity (Wildman–Crippen MR) is 144 cm³/mol. The Morgan fingerprint density at radius 1 is 1.05 bits per heavy atom. The summed E-state index contributed by atoms with van der Waals surface area (Å²) < 4.78 is 12.3. The van der Waals surface area contributed by atoms with Crippen molar-refractivity contribution in [2.75, 3.05) is 0 Å². The van der Waals surface area contributed by atoms with Crippen LogP contribution in [0.25, 0.3) is 22.2 Å². The molecule has 0 atom stereocenters. The smallest absolute Gasteiger partial charge is 0.272 e. The Bertz CT molecular complexity index is 1650. The molecule has 0 aliphatic rings. The van der Waals surface area contributed by atoms with Crippen LogP contribution in [0.4, 0.5) is 0 Å². The first-order valence-electron chi connectivity index (χ1n) is 11.3. The van der Waals surface area contributed by atoms with Crippen LogP contribution >= 0.6 is 15.9 Å². The van der Waals surface area contributed by atoms with Gasteiger partial charge in [-0.05, 0) is 60.7 Å². The number of ether oxygens (including phenoxy) is 1. The third kappa shape index (κ3) is 5.74. The second kappa shape index (κ2) is 10.9. The number of nitriles is 1. The molecule has 8 heteroatoms. The lowest BCUT2D eigenvalue weighted by Gasteiger charge is -2.09. The van der Waals surface area contributed by atoms with E-state index in [1.807, 2.05) is 48.5 Å². The monoisotopic (exact) mass is 550 g/mol. The van der Waals surface area contributed by atoms with Gasteiger partial charge >= 0.3 is 0 Å². The Balaban J connectivity index is 1.28. The molecule has 7 nitrogen and oxygen atoms in total. The van der Waals surface area contributed by atoms with Crippen molar-refractivity contribution in [2.45, 2.75) is 6.61 Å². The van der Waals surface area contributed by atoms with Gasteiger partial charge in [-0.25, -0.2) is 10.4 Å². The standard InChI is InChI=1S/C29H19BrN4O3/c30-21-5-3-4-20(14-21)28-15-26(25-6-1-2-7-27(25)33-28)29(35)34-32-17-23-12-13-24(37-23)18-36-22-10-8-19(16-31)9-11-22/h1-15,17H,18H2,(H,34,35). The summed E-state index contributed by atoms with van der Waals surface area (Å²) in [5, 5.41) is 13.7. The first-order chi connectivity index (χ1) is 18.1. The number of aromatic nitrogens is 1. The molecular weight excluding hydrogens is 532 g/mol. The van der Waals surface area contributed by atoms with E-state index in [4.69, 9.17) is 19.4 Å². The van der Waals surface area contributed by atoms with Crippen LogP contribution in [0.2, 0.25) is 0 Å². The molecule has 5 rings (SSSR count). The molecule has 2 aromatic heterocycles. The van der Waals surface area contributed by atoms with Crippen molar-refractivity contribution in [2.24, 2.45) is 5.10 Å². The van der Waals surface area contributed by atoms with Crippen molar-refractivity contribution in [1.82, 2.24) is 10.4 Å². The Morgan fingerprint density at radius 3 is 2.70 bits per heavy atom. The summed E-state index contributed by atoms with van der Waals surface area (Å²) in [7, 11) is 0. The van der Waals surface area contributed by atoms with Crippen LogP contribution in [-0.2, 0) is 6.61 Å². The van der Waals surface area contributed by atoms with Crippen molar-refractivity contribution in [3.05, 3.63) is 118 Å². The molecule has 0 fully saturated rings. The fourth-order valence-corrected chi connectivity index (χ4v) is 4.09. The number of benzene rings is 3. The summed E-state index contributed by atoms with van der Waals surface area (Å²) in [6.07, 6.45) is 1.43. The normalized spacial score (nSPS) is 10.9. The number of nitrogens with zero attached hydrogens (tertiary/aromatic N) is 3. The SMILES string of the molecule is N#Cc1ccc(OCc2ccc(C=NNC(=O)c3cc(-c4cccc(Br)c4)nc4ccccc34)o2)cc1. The zero-order valence-corrected chi connectivity index (χ0v) is 21.0. The van der Waals surface area contributed by atoms with Crippen molar-refractivity contribution in [3.8, 4) is 23.1 Å². The Morgan fingerprint density at radius 2 is 1.89 bits per heavy atom. The lowest BCUT2D eigenvalue weighted by molar-refractivity contribution is 0.0956. The van der Waals surface area contributed by atoms with Gasteiger partial charge < -0.3 is 9.15 Å². The third-order valence-corrected chi connectivity index (χ3v) is 5.98. The Hall–Kier alpha value is -4.74. The number of halogens is 1. The van der Waals surface area contributed by atoms with Crippen LogP contribution in [-0.4, -0.2) is 17.1 Å². The van der Waals surface area contributed by atoms with Gasteiger partial charge in [0.15, 0.2) is 0 Å². The largest absolute Gasteiger partial charge is 0.486 e. The summed E-state index contributed by atoms with van der Waals surface area (Å²) in [4.78, 5) is 17.8. The summed E-state index contributed by atoms with van der Waals surface area (Å²) in [6, 6.07) is 29.4. The van der Waals surface area contributed by atoms with Crippen LogP contribution < -0.4 is 10.2 Å². The van der Waals surface area contributed by atoms with Gasteiger partial charge in [-0.15, -0.1) is 0 Å². The van der Waals surface area contributed by atoms with Gasteiger partial charge in [0, 0.05) is 15.4 Å². The number of para-hydroxylation sites is 1. The van der Waals surface area contributed by atoms with E-state index in [1.54, 1.807) is 42.5 Å². The van der Waals surface area contributed by atoms with E-state index in [9.17, 15) is 4.79 Å². The molecule has 37 heavy (non-hydrogen) atoms. The lowest BCUT2D eigenvalue weighted by atomic mass is 10.0. The number of nitrogens with one attached hydrogen (secondary N) is 1. The molecule has 5 aromatic rings. The topological polar surface area (TPSA) is 101 Å². The molecule has 3 aromatic carbocycles. The number of hydrazone groups is 1. The highest BCUT2D eigenvalue weighted by Gasteiger charge is 2.14. The number of hydrogen-bond acceptors (Lipinski definition) is 6. The van der Waals surface area contributed by atoms with Crippen LogP contribution in [0.3, 0.4) is 0 Å². The van der Waals surface area contributed by atoms with Crippen LogP contribution in [0.1, 0.15) is 27.4 Å². The minimum absolute atomic E-state index is 0.216. The number of carbonyl (C=O) groups is 1.